The zero-order valence-corrected chi connectivity index (χ0v) is 19.5. The van der Waals surface area contributed by atoms with Gasteiger partial charge in [0, 0.05) is 25.2 Å². The number of hydrogen-bond acceptors (Lipinski definition) is 5. The van der Waals surface area contributed by atoms with Crippen molar-refractivity contribution in [2.45, 2.75) is 50.0 Å². The highest BCUT2D eigenvalue weighted by atomic mass is 32.2. The summed E-state index contributed by atoms with van der Waals surface area (Å²) in [7, 11) is -2.27. The molecule has 1 aliphatic carbocycles. The molecule has 9 heteroatoms. The van der Waals surface area contributed by atoms with E-state index < -0.39 is 27.7 Å². The van der Waals surface area contributed by atoms with Gasteiger partial charge in [-0.1, -0.05) is 32.3 Å². The maximum absolute atomic E-state index is 13.2. The number of nitrogens with one attached hydrogen (secondary N) is 1. The van der Waals surface area contributed by atoms with E-state index in [2.05, 4.69) is 5.32 Å². The lowest BCUT2D eigenvalue weighted by molar-refractivity contribution is 0.0693. The number of rotatable bonds is 6. The number of fused-ring (bicyclic) bond motifs is 1. The SMILES string of the molecule is CCN(C1CCCCC1)S(=O)(=O)c1ccc(C(=O)Nc2cccc3c2C(=O)N(C)C3=O)cc1. The predicted octanol–water partition coefficient (Wildman–Crippen LogP) is 3.51. The van der Waals surface area contributed by atoms with Gasteiger partial charge in [0.05, 0.1) is 21.7 Å². The second-order valence-electron chi connectivity index (χ2n) is 8.38. The van der Waals surface area contributed by atoms with Crippen LogP contribution < -0.4 is 5.32 Å². The Morgan fingerprint density at radius 3 is 2.33 bits per heavy atom. The van der Waals surface area contributed by atoms with E-state index in [1.165, 1.54) is 31.3 Å². The Morgan fingerprint density at radius 1 is 1.03 bits per heavy atom. The summed E-state index contributed by atoms with van der Waals surface area (Å²) in [6.07, 6.45) is 4.93. The minimum absolute atomic E-state index is 0.00952. The summed E-state index contributed by atoms with van der Waals surface area (Å²) in [5.74, 6) is -1.39. The van der Waals surface area contributed by atoms with Gasteiger partial charge in [-0.2, -0.15) is 4.31 Å². The van der Waals surface area contributed by atoms with E-state index in [0.29, 0.717) is 6.54 Å². The first-order chi connectivity index (χ1) is 15.8. The Labute approximate surface area is 193 Å². The monoisotopic (exact) mass is 469 g/mol. The molecule has 0 saturated heterocycles. The maximum atomic E-state index is 13.2. The van der Waals surface area contributed by atoms with E-state index in [1.54, 1.807) is 22.5 Å². The molecular weight excluding hydrogens is 442 g/mol. The van der Waals surface area contributed by atoms with Crippen LogP contribution in [-0.4, -0.2) is 55.0 Å². The number of anilines is 1. The van der Waals surface area contributed by atoms with Gasteiger partial charge in [-0.15, -0.1) is 0 Å². The summed E-state index contributed by atoms with van der Waals surface area (Å²) in [6.45, 7) is 2.24. The first-order valence-electron chi connectivity index (χ1n) is 11.1. The standard InChI is InChI=1S/C24H27N3O5S/c1-3-27(17-8-5-4-6-9-17)33(31,32)18-14-12-16(13-15-18)22(28)25-20-11-7-10-19-21(20)24(30)26(2)23(19)29/h7,10-15,17H,3-6,8-9H2,1-2H3,(H,25,28). The first kappa shape index (κ1) is 23.1. The average Bonchev–Trinajstić information content (AvgIpc) is 3.05. The molecule has 0 aromatic heterocycles. The molecule has 1 fully saturated rings. The molecule has 2 aromatic carbocycles. The Balaban J connectivity index is 1.54. The molecule has 0 unspecified atom stereocenters. The molecule has 1 N–H and O–H groups in total. The lowest BCUT2D eigenvalue weighted by Crippen LogP contribution is -2.41. The molecular formula is C24H27N3O5S. The zero-order valence-electron chi connectivity index (χ0n) is 18.7. The van der Waals surface area contributed by atoms with E-state index in [-0.39, 0.29) is 33.3 Å². The molecule has 2 aliphatic rings. The van der Waals surface area contributed by atoms with Crippen LogP contribution in [0, 0.1) is 0 Å². The molecule has 4 rings (SSSR count). The number of imide groups is 1. The third-order valence-electron chi connectivity index (χ3n) is 6.38. The molecule has 1 aliphatic heterocycles. The minimum atomic E-state index is -3.67. The van der Waals surface area contributed by atoms with E-state index in [9.17, 15) is 22.8 Å². The number of nitrogens with zero attached hydrogens (tertiary/aromatic N) is 2. The van der Waals surface area contributed by atoms with Crippen LogP contribution in [0.2, 0.25) is 0 Å². The van der Waals surface area contributed by atoms with Gasteiger partial charge in [-0.25, -0.2) is 8.42 Å². The first-order valence-corrected chi connectivity index (χ1v) is 12.6. The van der Waals surface area contributed by atoms with Gasteiger partial charge in [0.15, 0.2) is 0 Å². The van der Waals surface area contributed by atoms with Crippen molar-refractivity contribution in [2.24, 2.45) is 0 Å². The topological polar surface area (TPSA) is 104 Å². The normalized spacial score (nSPS) is 16.9. The molecule has 1 heterocycles. The van der Waals surface area contributed by atoms with E-state index in [1.807, 2.05) is 6.92 Å². The van der Waals surface area contributed by atoms with Crippen molar-refractivity contribution < 1.29 is 22.8 Å². The van der Waals surface area contributed by atoms with E-state index in [0.717, 1.165) is 37.0 Å². The molecule has 0 atom stereocenters. The van der Waals surface area contributed by atoms with Crippen LogP contribution in [0.4, 0.5) is 5.69 Å². The summed E-state index contributed by atoms with van der Waals surface area (Å²) in [4.78, 5) is 38.5. The quantitative estimate of drug-likeness (QED) is 0.652. The molecule has 174 valence electrons. The van der Waals surface area contributed by atoms with Gasteiger partial charge < -0.3 is 5.32 Å². The molecule has 2 aromatic rings. The molecule has 33 heavy (non-hydrogen) atoms. The Kier molecular flexibility index (Phi) is 6.36. The van der Waals surface area contributed by atoms with E-state index in [4.69, 9.17) is 0 Å². The van der Waals surface area contributed by atoms with Crippen LogP contribution in [0.5, 0.6) is 0 Å². The maximum Gasteiger partial charge on any atom is 0.263 e. The zero-order chi connectivity index (χ0) is 23.8. The summed E-state index contributed by atoms with van der Waals surface area (Å²) in [5.41, 5.74) is 0.886. The van der Waals surface area contributed by atoms with Crippen molar-refractivity contribution in [1.29, 1.82) is 0 Å². The van der Waals surface area contributed by atoms with E-state index >= 15 is 0 Å². The van der Waals surface area contributed by atoms with Crippen molar-refractivity contribution in [3.63, 3.8) is 0 Å². The lowest BCUT2D eigenvalue weighted by atomic mass is 9.95. The number of sulfonamides is 1. The fourth-order valence-electron chi connectivity index (χ4n) is 4.61. The van der Waals surface area contributed by atoms with Crippen LogP contribution in [-0.2, 0) is 10.0 Å². The summed E-state index contributed by atoms with van der Waals surface area (Å²) in [5, 5.41) is 2.68. The van der Waals surface area contributed by atoms with Gasteiger partial charge in [-0.05, 0) is 49.2 Å². The van der Waals surface area contributed by atoms with Crippen LogP contribution >= 0.6 is 0 Å². The lowest BCUT2D eigenvalue weighted by Gasteiger charge is -2.32. The van der Waals surface area contributed by atoms with Crippen LogP contribution in [0.3, 0.4) is 0 Å². The van der Waals surface area contributed by atoms with Crippen LogP contribution in [0.25, 0.3) is 0 Å². The van der Waals surface area contributed by atoms with Gasteiger partial charge in [0.25, 0.3) is 17.7 Å². The number of hydrogen-bond donors (Lipinski definition) is 1. The Hall–Kier alpha value is -3.04. The number of amides is 3. The Bertz CT molecular complexity index is 1200. The van der Waals surface area contributed by atoms with Gasteiger partial charge in [0.1, 0.15) is 0 Å². The van der Waals surface area contributed by atoms with Crippen LogP contribution in [0.15, 0.2) is 47.4 Å². The minimum Gasteiger partial charge on any atom is -0.321 e. The molecule has 0 spiro atoms. The van der Waals surface area contributed by atoms with Crippen molar-refractivity contribution >= 4 is 33.4 Å². The second kappa shape index (κ2) is 9.07. The summed E-state index contributed by atoms with van der Waals surface area (Å²) < 4.78 is 28.0. The van der Waals surface area contributed by atoms with Crippen molar-refractivity contribution in [2.75, 3.05) is 18.9 Å². The molecule has 1 saturated carbocycles. The third-order valence-corrected chi connectivity index (χ3v) is 8.42. The van der Waals surface area contributed by atoms with Crippen molar-refractivity contribution in [3.8, 4) is 0 Å². The second-order valence-corrected chi connectivity index (χ2v) is 10.3. The van der Waals surface area contributed by atoms with Crippen molar-refractivity contribution in [3.05, 3.63) is 59.2 Å². The smallest absolute Gasteiger partial charge is 0.263 e. The highest BCUT2D eigenvalue weighted by molar-refractivity contribution is 7.89. The summed E-state index contributed by atoms with van der Waals surface area (Å²) in [6, 6.07) is 10.5. The fraction of sp³-hybridized carbons (Fsp3) is 0.375. The molecule has 8 nitrogen and oxygen atoms in total. The number of carbonyl (C=O) groups excluding carboxylic acids is 3. The molecule has 0 bridgehead atoms. The highest BCUT2D eigenvalue weighted by Gasteiger charge is 2.35. The molecule has 0 radical (unpaired) electrons. The van der Waals surface area contributed by atoms with Gasteiger partial charge in [0.2, 0.25) is 10.0 Å². The molecule has 3 amide bonds. The third kappa shape index (κ3) is 4.18. The average molecular weight is 470 g/mol. The highest BCUT2D eigenvalue weighted by Crippen LogP contribution is 2.30. The summed E-state index contributed by atoms with van der Waals surface area (Å²) >= 11 is 0. The number of carbonyl (C=O) groups is 3. The van der Waals surface area contributed by atoms with Gasteiger partial charge in [-0.3, -0.25) is 19.3 Å². The fourth-order valence-corrected chi connectivity index (χ4v) is 6.30. The van der Waals surface area contributed by atoms with Gasteiger partial charge >= 0.3 is 0 Å². The van der Waals surface area contributed by atoms with Crippen LogP contribution in [0.1, 0.15) is 70.1 Å². The number of benzene rings is 2. The predicted molar refractivity (Wildman–Crippen MR) is 124 cm³/mol. The largest absolute Gasteiger partial charge is 0.321 e. The van der Waals surface area contributed by atoms with Crippen molar-refractivity contribution in [1.82, 2.24) is 9.21 Å². The Morgan fingerprint density at radius 2 is 1.70 bits per heavy atom.